The van der Waals surface area contributed by atoms with Gasteiger partial charge in [-0.1, -0.05) is 0 Å². The minimum atomic E-state index is -0.386. The number of nitrogens with one attached hydrogen (secondary N) is 1. The summed E-state index contributed by atoms with van der Waals surface area (Å²) < 4.78 is 18.4. The number of anilines is 1. The second-order valence-electron chi connectivity index (χ2n) is 4.22. The molecule has 96 valence electrons. The van der Waals surface area contributed by atoms with Crippen LogP contribution in [0.1, 0.15) is 5.56 Å². The van der Waals surface area contributed by atoms with Gasteiger partial charge in [0.25, 0.3) is 0 Å². The molecular weight excluding hydrogens is 233 g/mol. The predicted octanol–water partition coefficient (Wildman–Crippen LogP) is 1.44. The first-order valence-electron chi connectivity index (χ1n) is 6.02. The lowest BCUT2D eigenvalue weighted by Crippen LogP contribution is -2.39. The lowest BCUT2D eigenvalue weighted by atomic mass is 10.2. The second kappa shape index (κ2) is 6.34. The van der Waals surface area contributed by atoms with E-state index in [1.54, 1.807) is 6.07 Å². The van der Waals surface area contributed by atoms with Crippen molar-refractivity contribution in [1.82, 2.24) is 4.90 Å². The van der Waals surface area contributed by atoms with Gasteiger partial charge in [-0.25, -0.2) is 4.39 Å². The quantitative estimate of drug-likeness (QED) is 0.877. The highest BCUT2D eigenvalue weighted by Gasteiger charge is 2.09. The number of hydrogen-bond donors (Lipinski definition) is 1. The van der Waals surface area contributed by atoms with Crippen LogP contribution in [0.4, 0.5) is 10.1 Å². The van der Waals surface area contributed by atoms with E-state index >= 15 is 0 Å². The van der Waals surface area contributed by atoms with Gasteiger partial charge in [-0.15, -0.1) is 0 Å². The second-order valence-corrected chi connectivity index (χ2v) is 4.22. The Hall–Kier alpha value is -1.64. The Labute approximate surface area is 106 Å². The number of ether oxygens (including phenoxy) is 1. The smallest absolute Gasteiger partial charge is 0.126 e. The lowest BCUT2D eigenvalue weighted by molar-refractivity contribution is 0.0398. The number of benzene rings is 1. The summed E-state index contributed by atoms with van der Waals surface area (Å²) in [6.45, 7) is 5.05. The number of nitrogens with zero attached hydrogens (tertiary/aromatic N) is 2. The molecule has 2 rings (SSSR count). The maximum Gasteiger partial charge on any atom is 0.126 e. The van der Waals surface area contributed by atoms with Gasteiger partial charge in [-0.05, 0) is 18.2 Å². The molecule has 0 unspecified atom stereocenters. The third-order valence-electron chi connectivity index (χ3n) is 2.89. The Balaban J connectivity index is 1.82. The zero-order valence-corrected chi connectivity index (χ0v) is 10.2. The highest BCUT2D eigenvalue weighted by molar-refractivity contribution is 5.49. The Kier molecular flexibility index (Phi) is 4.51. The van der Waals surface area contributed by atoms with E-state index in [2.05, 4.69) is 10.2 Å². The minimum Gasteiger partial charge on any atom is -0.384 e. The molecule has 0 radical (unpaired) electrons. The predicted molar refractivity (Wildman–Crippen MR) is 66.9 cm³/mol. The molecule has 5 heteroatoms. The Morgan fingerprint density at radius 3 is 2.83 bits per heavy atom. The first-order valence-corrected chi connectivity index (χ1v) is 6.02. The first kappa shape index (κ1) is 12.8. The highest BCUT2D eigenvalue weighted by Crippen LogP contribution is 2.13. The molecule has 18 heavy (non-hydrogen) atoms. The van der Waals surface area contributed by atoms with E-state index < -0.39 is 0 Å². The van der Waals surface area contributed by atoms with Crippen molar-refractivity contribution < 1.29 is 9.13 Å². The van der Waals surface area contributed by atoms with Crippen LogP contribution in [-0.4, -0.2) is 44.3 Å². The fourth-order valence-corrected chi connectivity index (χ4v) is 1.94. The average Bonchev–Trinajstić information content (AvgIpc) is 2.39. The largest absolute Gasteiger partial charge is 0.384 e. The topological polar surface area (TPSA) is 48.3 Å². The molecule has 1 saturated heterocycles. The van der Waals surface area contributed by atoms with Crippen molar-refractivity contribution in [3.63, 3.8) is 0 Å². The molecule has 0 aliphatic carbocycles. The first-order chi connectivity index (χ1) is 8.78. The van der Waals surface area contributed by atoms with E-state index in [9.17, 15) is 4.39 Å². The zero-order chi connectivity index (χ0) is 12.8. The Bertz CT molecular complexity index is 438. The lowest BCUT2D eigenvalue weighted by Gasteiger charge is -2.26. The third-order valence-corrected chi connectivity index (χ3v) is 2.89. The monoisotopic (exact) mass is 249 g/mol. The highest BCUT2D eigenvalue weighted by atomic mass is 19.1. The molecule has 1 aliphatic heterocycles. The molecule has 4 nitrogen and oxygen atoms in total. The van der Waals surface area contributed by atoms with E-state index in [0.29, 0.717) is 11.3 Å². The summed E-state index contributed by atoms with van der Waals surface area (Å²) in [4.78, 5) is 2.29. The summed E-state index contributed by atoms with van der Waals surface area (Å²) in [5.41, 5.74) is 0.990. The van der Waals surface area contributed by atoms with Gasteiger partial charge < -0.3 is 10.1 Å². The summed E-state index contributed by atoms with van der Waals surface area (Å²) in [6, 6.07) is 6.23. The summed E-state index contributed by atoms with van der Waals surface area (Å²) in [7, 11) is 0. The number of nitriles is 1. The molecule has 0 aromatic heterocycles. The SMILES string of the molecule is N#Cc1cc(F)cc(NCCN2CCOCC2)c1. The van der Waals surface area contributed by atoms with Crippen molar-refractivity contribution in [1.29, 1.82) is 5.26 Å². The molecule has 1 N–H and O–H groups in total. The molecule has 1 aromatic rings. The third kappa shape index (κ3) is 3.69. The van der Waals surface area contributed by atoms with E-state index in [1.807, 2.05) is 6.07 Å². The van der Waals surface area contributed by atoms with Crippen LogP contribution in [0.25, 0.3) is 0 Å². The molecule has 1 fully saturated rings. The van der Waals surface area contributed by atoms with Crippen LogP contribution >= 0.6 is 0 Å². The van der Waals surface area contributed by atoms with E-state index in [-0.39, 0.29) is 5.82 Å². The average molecular weight is 249 g/mol. The summed E-state index contributed by atoms with van der Waals surface area (Å²) >= 11 is 0. The van der Waals surface area contributed by atoms with Crippen LogP contribution in [0.15, 0.2) is 18.2 Å². The molecule has 1 heterocycles. The molecule has 0 bridgehead atoms. The van der Waals surface area contributed by atoms with Crippen molar-refractivity contribution in [2.45, 2.75) is 0 Å². The van der Waals surface area contributed by atoms with Gasteiger partial charge in [-0.3, -0.25) is 4.90 Å². The van der Waals surface area contributed by atoms with E-state index in [1.165, 1.54) is 12.1 Å². The van der Waals surface area contributed by atoms with Crippen molar-refractivity contribution in [3.8, 4) is 6.07 Å². The van der Waals surface area contributed by atoms with Crippen LogP contribution in [0, 0.1) is 17.1 Å². The molecule has 0 atom stereocenters. The normalized spacial score (nSPS) is 16.2. The molecular formula is C13H16FN3O. The summed E-state index contributed by atoms with van der Waals surface area (Å²) in [6.07, 6.45) is 0. The zero-order valence-electron chi connectivity index (χ0n) is 10.2. The maximum atomic E-state index is 13.2. The van der Waals surface area contributed by atoms with Gasteiger partial charge in [0.05, 0.1) is 24.8 Å². The van der Waals surface area contributed by atoms with Gasteiger partial charge in [0.1, 0.15) is 5.82 Å². The van der Waals surface area contributed by atoms with Gasteiger partial charge >= 0.3 is 0 Å². The Morgan fingerprint density at radius 2 is 2.11 bits per heavy atom. The van der Waals surface area contributed by atoms with E-state index in [0.717, 1.165) is 39.4 Å². The van der Waals surface area contributed by atoms with E-state index in [4.69, 9.17) is 10.00 Å². The molecule has 0 spiro atoms. The molecule has 1 aromatic carbocycles. The van der Waals surface area contributed by atoms with Gasteiger partial charge in [0.2, 0.25) is 0 Å². The summed E-state index contributed by atoms with van der Waals surface area (Å²) in [5.74, 6) is -0.386. The number of halogens is 1. The van der Waals surface area contributed by atoms with Gasteiger partial charge in [0.15, 0.2) is 0 Å². The van der Waals surface area contributed by atoms with Crippen LogP contribution in [-0.2, 0) is 4.74 Å². The number of morpholine rings is 1. The molecule has 0 amide bonds. The fourth-order valence-electron chi connectivity index (χ4n) is 1.94. The van der Waals surface area contributed by atoms with Crippen LogP contribution in [0.3, 0.4) is 0 Å². The number of rotatable bonds is 4. The van der Waals surface area contributed by atoms with Crippen molar-refractivity contribution in [2.75, 3.05) is 44.7 Å². The van der Waals surface area contributed by atoms with Gasteiger partial charge in [-0.2, -0.15) is 5.26 Å². The maximum absolute atomic E-state index is 13.2. The standard InChI is InChI=1S/C13H16FN3O/c14-12-7-11(10-15)8-13(9-12)16-1-2-17-3-5-18-6-4-17/h7-9,16H,1-6H2. The molecule has 0 saturated carbocycles. The molecule has 1 aliphatic rings. The van der Waals surface area contributed by atoms with Gasteiger partial charge in [0, 0.05) is 31.9 Å². The van der Waals surface area contributed by atoms with Crippen LogP contribution in [0.2, 0.25) is 0 Å². The van der Waals surface area contributed by atoms with Crippen LogP contribution < -0.4 is 5.32 Å². The minimum absolute atomic E-state index is 0.337. The van der Waals surface area contributed by atoms with Crippen molar-refractivity contribution in [3.05, 3.63) is 29.6 Å². The summed E-state index contributed by atoms with van der Waals surface area (Å²) in [5, 5.41) is 11.9. The fraction of sp³-hybridized carbons (Fsp3) is 0.462. The number of hydrogen-bond acceptors (Lipinski definition) is 4. The Morgan fingerprint density at radius 1 is 1.33 bits per heavy atom. The van der Waals surface area contributed by atoms with Crippen LogP contribution in [0.5, 0.6) is 0 Å². The van der Waals surface area contributed by atoms with Crippen molar-refractivity contribution in [2.24, 2.45) is 0 Å². The van der Waals surface area contributed by atoms with Crippen molar-refractivity contribution >= 4 is 5.69 Å².